The molecule has 0 aliphatic carbocycles. The number of hydrogen-bond acceptors (Lipinski definition) is 4. The third-order valence-electron chi connectivity index (χ3n) is 1.98. The zero-order valence-electron chi connectivity index (χ0n) is 8.27. The predicted molar refractivity (Wildman–Crippen MR) is 61.4 cm³/mol. The summed E-state index contributed by atoms with van der Waals surface area (Å²) in [7, 11) is 0. The van der Waals surface area contributed by atoms with Crippen molar-refractivity contribution in [1.29, 1.82) is 0 Å². The third-order valence-corrected chi connectivity index (χ3v) is 2.33. The van der Waals surface area contributed by atoms with E-state index in [0.29, 0.717) is 12.4 Å². The average molecular weight is 237 g/mol. The Hall–Kier alpha value is -1.88. The van der Waals surface area contributed by atoms with Gasteiger partial charge in [-0.2, -0.15) is 0 Å². The summed E-state index contributed by atoms with van der Waals surface area (Å²) in [5.41, 5.74) is 0.631. The van der Waals surface area contributed by atoms with Crippen LogP contribution in [0.2, 0.25) is 5.02 Å². The second-order valence-corrected chi connectivity index (χ2v) is 3.49. The highest BCUT2D eigenvalue weighted by atomic mass is 35.5. The number of pyridine rings is 1. The molecule has 0 aliphatic heterocycles. The van der Waals surface area contributed by atoms with Gasteiger partial charge in [0.25, 0.3) is 5.56 Å². The number of aromatic nitrogens is 3. The van der Waals surface area contributed by atoms with Gasteiger partial charge in [-0.05, 0) is 11.6 Å². The van der Waals surface area contributed by atoms with Crippen LogP contribution in [0.4, 0.5) is 5.82 Å². The molecule has 6 heteroatoms. The fraction of sp³-hybridized carbons (Fsp3) is 0.100. The van der Waals surface area contributed by atoms with Crippen LogP contribution in [0.25, 0.3) is 0 Å². The second kappa shape index (κ2) is 4.76. The van der Waals surface area contributed by atoms with Crippen molar-refractivity contribution in [3.8, 4) is 0 Å². The van der Waals surface area contributed by atoms with E-state index in [-0.39, 0.29) is 10.6 Å². The van der Waals surface area contributed by atoms with Crippen molar-refractivity contribution in [2.45, 2.75) is 6.54 Å². The Balaban J connectivity index is 2.11. The highest BCUT2D eigenvalue weighted by Gasteiger charge is 2.04. The molecule has 16 heavy (non-hydrogen) atoms. The van der Waals surface area contributed by atoms with E-state index in [1.807, 2.05) is 12.1 Å². The smallest absolute Gasteiger partial charge is 0.271 e. The Kier molecular flexibility index (Phi) is 3.16. The van der Waals surface area contributed by atoms with Gasteiger partial charge in [-0.25, -0.2) is 4.98 Å². The van der Waals surface area contributed by atoms with E-state index >= 15 is 0 Å². The number of H-pyrrole nitrogens is 1. The van der Waals surface area contributed by atoms with Crippen molar-refractivity contribution in [3.05, 3.63) is 51.8 Å². The molecule has 0 saturated carbocycles. The molecule has 0 saturated heterocycles. The Morgan fingerprint density at radius 2 is 2.38 bits per heavy atom. The first-order chi connectivity index (χ1) is 7.77. The molecule has 0 bridgehead atoms. The zero-order valence-corrected chi connectivity index (χ0v) is 9.03. The van der Waals surface area contributed by atoms with Crippen LogP contribution in [-0.4, -0.2) is 15.0 Å². The topological polar surface area (TPSA) is 70.7 Å². The van der Waals surface area contributed by atoms with E-state index in [0.717, 1.165) is 5.56 Å². The van der Waals surface area contributed by atoms with Crippen molar-refractivity contribution in [2.24, 2.45) is 0 Å². The molecule has 5 nitrogen and oxygen atoms in total. The van der Waals surface area contributed by atoms with E-state index in [1.54, 1.807) is 12.4 Å². The molecule has 0 unspecified atom stereocenters. The Bertz CT molecular complexity index is 526. The molecule has 2 rings (SSSR count). The van der Waals surface area contributed by atoms with Gasteiger partial charge in [-0.1, -0.05) is 17.7 Å². The van der Waals surface area contributed by atoms with Crippen LogP contribution in [0.1, 0.15) is 5.56 Å². The van der Waals surface area contributed by atoms with E-state index in [2.05, 4.69) is 20.3 Å². The Morgan fingerprint density at radius 3 is 3.12 bits per heavy atom. The number of halogens is 1. The van der Waals surface area contributed by atoms with Gasteiger partial charge in [-0.15, -0.1) is 0 Å². The van der Waals surface area contributed by atoms with Crippen molar-refractivity contribution in [3.63, 3.8) is 0 Å². The van der Waals surface area contributed by atoms with Crippen molar-refractivity contribution < 1.29 is 0 Å². The summed E-state index contributed by atoms with van der Waals surface area (Å²) in [6.07, 6.45) is 4.73. The fourth-order valence-electron chi connectivity index (χ4n) is 1.19. The summed E-state index contributed by atoms with van der Waals surface area (Å²) in [4.78, 5) is 21.5. The first kappa shape index (κ1) is 10.6. The minimum atomic E-state index is -0.356. The maximum atomic E-state index is 11.2. The molecule has 0 amide bonds. The first-order valence-corrected chi connectivity index (χ1v) is 5.01. The van der Waals surface area contributed by atoms with Crippen LogP contribution in [-0.2, 0) is 6.54 Å². The fourth-order valence-corrected chi connectivity index (χ4v) is 1.36. The van der Waals surface area contributed by atoms with Gasteiger partial charge in [0.05, 0.1) is 6.33 Å². The summed E-state index contributed by atoms with van der Waals surface area (Å²) in [6.45, 7) is 0.518. The Labute approximate surface area is 96.5 Å². The van der Waals surface area contributed by atoms with E-state index < -0.39 is 0 Å². The highest BCUT2D eigenvalue weighted by Crippen LogP contribution is 2.12. The van der Waals surface area contributed by atoms with Crippen molar-refractivity contribution in [2.75, 3.05) is 5.32 Å². The van der Waals surface area contributed by atoms with Gasteiger partial charge in [0.15, 0.2) is 5.82 Å². The number of aromatic amines is 1. The van der Waals surface area contributed by atoms with E-state index in [9.17, 15) is 4.79 Å². The largest absolute Gasteiger partial charge is 0.364 e. The van der Waals surface area contributed by atoms with Crippen LogP contribution in [0.3, 0.4) is 0 Å². The molecule has 0 aliphatic rings. The number of rotatable bonds is 3. The lowest BCUT2D eigenvalue weighted by atomic mass is 10.3. The van der Waals surface area contributed by atoms with Crippen molar-refractivity contribution in [1.82, 2.24) is 15.0 Å². The summed E-state index contributed by atoms with van der Waals surface area (Å²) in [5.74, 6) is 0.370. The molecular weight excluding hydrogens is 228 g/mol. The SMILES string of the molecule is O=c1[nH]cnc(NCc2cccnc2)c1Cl. The molecule has 0 fully saturated rings. The zero-order chi connectivity index (χ0) is 11.4. The average Bonchev–Trinajstić information content (AvgIpc) is 2.32. The molecule has 2 heterocycles. The molecule has 82 valence electrons. The molecule has 2 aromatic rings. The molecule has 0 spiro atoms. The molecular formula is C10H9ClN4O. The summed E-state index contributed by atoms with van der Waals surface area (Å²) >= 11 is 5.78. The lowest BCUT2D eigenvalue weighted by Crippen LogP contribution is -2.11. The Morgan fingerprint density at radius 1 is 1.50 bits per heavy atom. The highest BCUT2D eigenvalue weighted by molar-refractivity contribution is 6.32. The van der Waals surface area contributed by atoms with Crippen LogP contribution >= 0.6 is 11.6 Å². The summed E-state index contributed by atoms with van der Waals surface area (Å²) in [5, 5.41) is 3.03. The first-order valence-electron chi connectivity index (χ1n) is 4.63. The lowest BCUT2D eigenvalue weighted by Gasteiger charge is -2.05. The molecule has 2 N–H and O–H groups in total. The molecule has 0 atom stereocenters. The van der Waals surface area contributed by atoms with Gasteiger partial charge < -0.3 is 10.3 Å². The number of nitrogens with zero attached hydrogens (tertiary/aromatic N) is 2. The number of anilines is 1. The van der Waals surface area contributed by atoms with Crippen LogP contribution in [0.15, 0.2) is 35.6 Å². The third kappa shape index (κ3) is 2.38. The maximum Gasteiger partial charge on any atom is 0.271 e. The van der Waals surface area contributed by atoms with Crippen LogP contribution < -0.4 is 10.9 Å². The van der Waals surface area contributed by atoms with Gasteiger partial charge in [0, 0.05) is 18.9 Å². The molecule has 2 aromatic heterocycles. The minimum Gasteiger partial charge on any atom is -0.364 e. The maximum absolute atomic E-state index is 11.2. The van der Waals surface area contributed by atoms with Gasteiger partial charge in [0.1, 0.15) is 5.02 Å². The normalized spacial score (nSPS) is 10.1. The summed E-state index contributed by atoms with van der Waals surface area (Å²) < 4.78 is 0. The lowest BCUT2D eigenvalue weighted by molar-refractivity contribution is 1.05. The second-order valence-electron chi connectivity index (χ2n) is 3.11. The van der Waals surface area contributed by atoms with Gasteiger partial charge in [0.2, 0.25) is 0 Å². The number of hydrogen-bond donors (Lipinski definition) is 2. The minimum absolute atomic E-state index is 0.0615. The van der Waals surface area contributed by atoms with Crippen LogP contribution in [0.5, 0.6) is 0 Å². The van der Waals surface area contributed by atoms with Gasteiger partial charge in [-0.3, -0.25) is 9.78 Å². The quantitative estimate of drug-likeness (QED) is 0.846. The molecule has 0 aromatic carbocycles. The van der Waals surface area contributed by atoms with Gasteiger partial charge >= 0.3 is 0 Å². The number of nitrogens with one attached hydrogen (secondary N) is 2. The van der Waals surface area contributed by atoms with E-state index in [1.165, 1.54) is 6.33 Å². The van der Waals surface area contributed by atoms with E-state index in [4.69, 9.17) is 11.6 Å². The van der Waals surface area contributed by atoms with Crippen molar-refractivity contribution >= 4 is 17.4 Å². The predicted octanol–water partition coefficient (Wildman–Crippen LogP) is 1.43. The standard InChI is InChI=1S/C10H9ClN4O/c11-8-9(14-6-15-10(8)16)13-5-7-2-1-3-12-4-7/h1-4,6H,5H2,(H2,13,14,15,16). The molecule has 0 radical (unpaired) electrons. The van der Waals surface area contributed by atoms with Crippen LogP contribution in [0, 0.1) is 0 Å². The monoisotopic (exact) mass is 236 g/mol. The summed E-state index contributed by atoms with van der Waals surface area (Å²) in [6, 6.07) is 3.75.